The molecule has 1 atom stereocenters. The molecule has 5 heteroatoms. The van der Waals surface area contributed by atoms with Crippen LogP contribution in [0, 0.1) is 6.92 Å². The van der Waals surface area contributed by atoms with E-state index in [0.29, 0.717) is 6.54 Å². The van der Waals surface area contributed by atoms with Gasteiger partial charge in [0.05, 0.1) is 24.4 Å². The van der Waals surface area contributed by atoms with Crippen LogP contribution in [-0.4, -0.2) is 36.4 Å². The molecular formula is C20H23N3O2. The molecule has 1 aromatic heterocycles. The zero-order valence-electron chi connectivity index (χ0n) is 14.5. The molecule has 0 aliphatic carbocycles. The molecule has 4 N–H and O–H groups in total. The lowest BCUT2D eigenvalue weighted by molar-refractivity contribution is 0.196. The molecule has 0 aliphatic rings. The molecule has 5 nitrogen and oxygen atoms in total. The van der Waals surface area contributed by atoms with E-state index in [4.69, 9.17) is 15.5 Å². The Bertz CT molecular complexity index is 863. The van der Waals surface area contributed by atoms with Gasteiger partial charge in [-0.3, -0.25) is 0 Å². The maximum absolute atomic E-state index is 9.77. The first-order chi connectivity index (χ1) is 12.1. The fourth-order valence-corrected chi connectivity index (χ4v) is 2.66. The zero-order valence-corrected chi connectivity index (χ0v) is 14.5. The van der Waals surface area contributed by atoms with Crippen molar-refractivity contribution in [3.63, 3.8) is 0 Å². The van der Waals surface area contributed by atoms with Gasteiger partial charge in [-0.05, 0) is 25.1 Å². The molecule has 3 aromatic rings. The van der Waals surface area contributed by atoms with Crippen LogP contribution < -0.4 is 15.8 Å². The van der Waals surface area contributed by atoms with E-state index in [-0.39, 0.29) is 6.54 Å². The molecule has 0 fully saturated rings. The van der Waals surface area contributed by atoms with E-state index in [9.17, 15) is 5.11 Å². The number of nitrogens with two attached hydrogens (primary N) is 1. The van der Waals surface area contributed by atoms with Crippen molar-refractivity contribution >= 4 is 16.6 Å². The Morgan fingerprint density at radius 1 is 1.16 bits per heavy atom. The van der Waals surface area contributed by atoms with E-state index in [1.807, 2.05) is 24.3 Å². The number of benzene rings is 2. The minimum absolute atomic E-state index is 0.217. The molecule has 0 saturated heterocycles. The Morgan fingerprint density at radius 2 is 1.92 bits per heavy atom. The summed E-state index contributed by atoms with van der Waals surface area (Å²) < 4.78 is 5.32. The van der Waals surface area contributed by atoms with Crippen LogP contribution in [0.2, 0.25) is 0 Å². The van der Waals surface area contributed by atoms with Gasteiger partial charge in [-0.1, -0.05) is 29.8 Å². The fraction of sp³-hybridized carbons (Fsp3) is 0.250. The summed E-state index contributed by atoms with van der Waals surface area (Å²) in [5, 5.41) is 14.0. The summed E-state index contributed by atoms with van der Waals surface area (Å²) in [6, 6.07) is 16.0. The van der Waals surface area contributed by atoms with Crippen LogP contribution in [0.3, 0.4) is 0 Å². The first-order valence-electron chi connectivity index (χ1n) is 8.28. The van der Waals surface area contributed by atoms with Gasteiger partial charge in [0.25, 0.3) is 0 Å². The number of fused-ring (bicyclic) bond motifs is 1. The third-order valence-electron chi connectivity index (χ3n) is 4.16. The van der Waals surface area contributed by atoms with Gasteiger partial charge in [-0.2, -0.15) is 0 Å². The number of ether oxygens (including phenoxy) is 1. The number of aliphatic hydroxyl groups is 1. The number of anilines is 1. The number of methoxy groups -OCH3 is 1. The first kappa shape index (κ1) is 17.2. The highest BCUT2D eigenvalue weighted by molar-refractivity contribution is 5.94. The Morgan fingerprint density at radius 3 is 2.60 bits per heavy atom. The van der Waals surface area contributed by atoms with Crippen molar-refractivity contribution in [2.45, 2.75) is 13.0 Å². The maximum Gasteiger partial charge on any atom is 0.121 e. The van der Waals surface area contributed by atoms with Gasteiger partial charge >= 0.3 is 0 Å². The summed E-state index contributed by atoms with van der Waals surface area (Å²) in [4.78, 5) is 4.78. The second-order valence-corrected chi connectivity index (χ2v) is 6.07. The van der Waals surface area contributed by atoms with Gasteiger partial charge in [-0.15, -0.1) is 0 Å². The molecule has 0 bridgehead atoms. The van der Waals surface area contributed by atoms with Crippen molar-refractivity contribution in [1.82, 2.24) is 4.98 Å². The minimum Gasteiger partial charge on any atom is -0.497 e. The molecular weight excluding hydrogens is 314 g/mol. The Balaban J connectivity index is 2.08. The van der Waals surface area contributed by atoms with Gasteiger partial charge in [0.2, 0.25) is 0 Å². The van der Waals surface area contributed by atoms with Crippen LogP contribution in [0.15, 0.2) is 48.5 Å². The normalized spacial score (nSPS) is 12.2. The molecule has 2 aromatic carbocycles. The largest absolute Gasteiger partial charge is 0.497 e. The van der Waals surface area contributed by atoms with E-state index in [2.05, 4.69) is 36.5 Å². The van der Waals surface area contributed by atoms with Crippen LogP contribution in [0.4, 0.5) is 5.69 Å². The monoisotopic (exact) mass is 337 g/mol. The highest BCUT2D eigenvalue weighted by Crippen LogP contribution is 2.30. The molecule has 0 spiro atoms. The van der Waals surface area contributed by atoms with Crippen LogP contribution in [0.1, 0.15) is 5.56 Å². The van der Waals surface area contributed by atoms with Crippen molar-refractivity contribution in [1.29, 1.82) is 0 Å². The highest BCUT2D eigenvalue weighted by Gasteiger charge is 2.10. The molecule has 0 unspecified atom stereocenters. The number of hydrogen-bond acceptors (Lipinski definition) is 5. The number of nitrogens with zero attached hydrogens (tertiary/aromatic N) is 1. The second kappa shape index (κ2) is 7.51. The Hall–Kier alpha value is -2.63. The van der Waals surface area contributed by atoms with E-state index in [0.717, 1.165) is 33.6 Å². The van der Waals surface area contributed by atoms with Gasteiger partial charge in [0.1, 0.15) is 5.75 Å². The number of pyridine rings is 1. The van der Waals surface area contributed by atoms with Crippen molar-refractivity contribution in [3.8, 4) is 17.0 Å². The van der Waals surface area contributed by atoms with Crippen LogP contribution in [0.25, 0.3) is 22.2 Å². The summed E-state index contributed by atoms with van der Waals surface area (Å²) in [6.07, 6.45) is -0.593. The van der Waals surface area contributed by atoms with Crippen LogP contribution in [0.5, 0.6) is 5.75 Å². The number of aliphatic hydroxyl groups excluding tert-OH is 1. The van der Waals surface area contributed by atoms with Gasteiger partial charge in [-0.25, -0.2) is 4.98 Å². The van der Waals surface area contributed by atoms with E-state index in [1.165, 1.54) is 5.56 Å². The highest BCUT2D eigenvalue weighted by atomic mass is 16.5. The van der Waals surface area contributed by atoms with Crippen LogP contribution in [-0.2, 0) is 0 Å². The predicted molar refractivity (Wildman–Crippen MR) is 102 cm³/mol. The maximum atomic E-state index is 9.77. The fourth-order valence-electron chi connectivity index (χ4n) is 2.66. The summed E-state index contributed by atoms with van der Waals surface area (Å²) in [5.41, 5.74) is 10.4. The smallest absolute Gasteiger partial charge is 0.121 e. The number of aromatic nitrogens is 1. The third-order valence-corrected chi connectivity index (χ3v) is 4.16. The molecule has 130 valence electrons. The molecule has 25 heavy (non-hydrogen) atoms. The number of aryl methyl sites for hydroxylation is 1. The van der Waals surface area contributed by atoms with Gasteiger partial charge < -0.3 is 20.9 Å². The van der Waals surface area contributed by atoms with Gasteiger partial charge in [0.15, 0.2) is 0 Å². The predicted octanol–water partition coefficient (Wildman–Crippen LogP) is 2.95. The molecule has 3 rings (SSSR count). The number of hydrogen-bond donors (Lipinski definition) is 3. The zero-order chi connectivity index (χ0) is 17.8. The topological polar surface area (TPSA) is 80.4 Å². The third kappa shape index (κ3) is 3.90. The lowest BCUT2D eigenvalue weighted by Gasteiger charge is -2.15. The quantitative estimate of drug-likeness (QED) is 0.644. The van der Waals surface area contributed by atoms with E-state index < -0.39 is 6.10 Å². The average molecular weight is 337 g/mol. The molecule has 0 radical (unpaired) electrons. The average Bonchev–Trinajstić information content (AvgIpc) is 2.65. The van der Waals surface area contributed by atoms with Gasteiger partial charge in [0, 0.05) is 35.8 Å². The van der Waals surface area contributed by atoms with E-state index >= 15 is 0 Å². The summed E-state index contributed by atoms with van der Waals surface area (Å²) in [5.74, 6) is 0.758. The van der Waals surface area contributed by atoms with Crippen molar-refractivity contribution in [2.24, 2.45) is 5.73 Å². The summed E-state index contributed by atoms with van der Waals surface area (Å²) in [6.45, 7) is 2.66. The van der Waals surface area contributed by atoms with Crippen molar-refractivity contribution in [3.05, 3.63) is 54.1 Å². The minimum atomic E-state index is -0.593. The molecule has 0 aliphatic heterocycles. The van der Waals surface area contributed by atoms with E-state index in [1.54, 1.807) is 7.11 Å². The van der Waals surface area contributed by atoms with Crippen molar-refractivity contribution < 1.29 is 9.84 Å². The number of nitrogens with one attached hydrogen (secondary N) is 1. The molecule has 0 saturated carbocycles. The lowest BCUT2D eigenvalue weighted by atomic mass is 10.1. The summed E-state index contributed by atoms with van der Waals surface area (Å²) >= 11 is 0. The lowest BCUT2D eigenvalue weighted by Crippen LogP contribution is -2.27. The Labute approximate surface area is 147 Å². The first-order valence-corrected chi connectivity index (χ1v) is 8.28. The standard InChI is InChI=1S/C20H23N3O2/c1-13-3-5-14(6-4-13)18-10-19(22-12-15(24)11-21)17-8-7-16(25-2)9-20(17)23-18/h3-10,15,24H,11-12,21H2,1-2H3,(H,22,23)/t15-/m0/s1. The Kier molecular flexibility index (Phi) is 5.16. The van der Waals surface area contributed by atoms with Crippen molar-refractivity contribution in [2.75, 3.05) is 25.5 Å². The molecule has 0 amide bonds. The second-order valence-electron chi connectivity index (χ2n) is 6.07. The van der Waals surface area contributed by atoms with Crippen LogP contribution >= 0.6 is 0 Å². The number of rotatable bonds is 6. The molecule has 1 heterocycles. The summed E-state index contributed by atoms with van der Waals surface area (Å²) in [7, 11) is 1.64. The SMILES string of the molecule is COc1ccc2c(NC[C@@H](O)CN)cc(-c3ccc(C)cc3)nc2c1.